The molecule has 68 heavy (non-hydrogen) atoms. The van der Waals surface area contributed by atoms with E-state index in [-0.39, 0.29) is 41.3 Å². The van der Waals surface area contributed by atoms with Gasteiger partial charge in [-0.1, -0.05) is 137 Å². The molecule has 8 aromatic rings. The summed E-state index contributed by atoms with van der Waals surface area (Å²) in [4.78, 5) is 28.6. The van der Waals surface area contributed by atoms with E-state index in [2.05, 4.69) is 179 Å². The van der Waals surface area contributed by atoms with Gasteiger partial charge in [0.1, 0.15) is 11.6 Å². The fourth-order valence-electron chi connectivity index (χ4n) is 8.32. The summed E-state index contributed by atoms with van der Waals surface area (Å²) in [5.74, 6) is 5.19. The number of rotatable bonds is 10. The van der Waals surface area contributed by atoms with Crippen molar-refractivity contribution in [2.24, 2.45) is 0 Å². The van der Waals surface area contributed by atoms with Gasteiger partial charge >= 0.3 is 0 Å². The Morgan fingerprint density at radius 3 is 1.18 bits per heavy atom. The molecule has 2 aromatic heterocycles. The first-order valence-electron chi connectivity index (χ1n) is 23.0. The minimum absolute atomic E-state index is 0. The van der Waals surface area contributed by atoms with E-state index in [0.29, 0.717) is 30.3 Å². The van der Waals surface area contributed by atoms with Gasteiger partial charge in [-0.15, -0.1) is 18.4 Å². The van der Waals surface area contributed by atoms with E-state index in [4.69, 9.17) is 24.7 Å². The van der Waals surface area contributed by atoms with Crippen molar-refractivity contribution in [1.82, 2.24) is 19.9 Å². The number of anilines is 8. The quantitative estimate of drug-likeness (QED) is 0.125. The molecule has 0 fully saturated rings. The second-order valence-corrected chi connectivity index (χ2v) is 18.0. The van der Waals surface area contributed by atoms with E-state index in [1.165, 1.54) is 22.3 Å². The van der Waals surface area contributed by atoms with Gasteiger partial charge in [0.15, 0.2) is 11.6 Å². The van der Waals surface area contributed by atoms with Gasteiger partial charge in [-0.05, 0) is 102 Å². The van der Waals surface area contributed by atoms with Crippen LogP contribution in [-0.2, 0) is 24.8 Å². The molecule has 4 heterocycles. The Bertz CT molecular complexity index is 2710. The van der Waals surface area contributed by atoms with Crippen LogP contribution >= 0.6 is 0 Å². The van der Waals surface area contributed by atoms with Crippen LogP contribution in [-0.4, -0.2) is 32.9 Å². The normalized spacial score (nSPS) is 13.1. The monoisotopic (exact) mass is 1080 g/mol. The Morgan fingerprint density at radius 2 is 0.824 bits per heavy atom. The second-order valence-electron chi connectivity index (χ2n) is 18.0. The van der Waals surface area contributed by atoms with Gasteiger partial charge < -0.3 is 14.5 Å². The van der Waals surface area contributed by atoms with Crippen molar-refractivity contribution in [3.05, 3.63) is 175 Å². The van der Waals surface area contributed by atoms with Crippen molar-refractivity contribution in [2.45, 2.75) is 107 Å². The number of nitrogens with zero attached hydrogens (tertiary/aromatic N) is 8. The number of benzene rings is 6. The maximum atomic E-state index is 6.37. The third-order valence-corrected chi connectivity index (χ3v) is 12.2. The summed E-state index contributed by atoms with van der Waals surface area (Å²) in [6.07, 6.45) is -0.383. The Hall–Kier alpha value is -6.19. The minimum Gasteiger partial charge on any atom is -0.477 e. The van der Waals surface area contributed by atoms with E-state index in [1.807, 2.05) is 55.5 Å². The molecule has 2 aliphatic rings. The first-order chi connectivity index (χ1) is 31.5. The number of fused-ring (bicyclic) bond motifs is 4. The zero-order valence-corrected chi connectivity index (χ0v) is 41.7. The molecular weight excluding hydrogens is 1020 g/mol. The molecule has 10 heteroatoms. The summed E-state index contributed by atoms with van der Waals surface area (Å²) in [6.45, 7) is 22.3. The Labute approximate surface area is 418 Å². The topological polar surface area (TPSA) is 73.8 Å². The number of para-hydroxylation sites is 4. The molecule has 0 bridgehead atoms. The van der Waals surface area contributed by atoms with Crippen molar-refractivity contribution in [2.75, 3.05) is 26.2 Å². The zero-order valence-electron chi connectivity index (χ0n) is 39.3. The fourth-order valence-corrected chi connectivity index (χ4v) is 8.32. The average molecular weight is 1080 g/mol. The maximum Gasteiger partial charge on any atom is 0.221 e. The molecule has 0 aliphatic carbocycles. The predicted molar refractivity (Wildman–Crippen MR) is 282 cm³/mol. The molecule has 0 spiro atoms. The van der Waals surface area contributed by atoms with Crippen molar-refractivity contribution in [3.63, 3.8) is 0 Å². The third-order valence-electron chi connectivity index (χ3n) is 12.2. The Kier molecular flexibility index (Phi) is 16.4. The van der Waals surface area contributed by atoms with Crippen LogP contribution in [0, 0.1) is 12.7 Å². The summed E-state index contributed by atoms with van der Waals surface area (Å²) in [7, 11) is 0. The van der Waals surface area contributed by atoms with Gasteiger partial charge in [-0.2, -0.15) is 23.8 Å². The van der Waals surface area contributed by atoms with Gasteiger partial charge in [0, 0.05) is 43.8 Å². The van der Waals surface area contributed by atoms with Gasteiger partial charge in [-0.25, -0.2) is 19.9 Å². The molecule has 0 saturated heterocycles. The van der Waals surface area contributed by atoms with Crippen LogP contribution in [0.25, 0.3) is 22.1 Å². The molecule has 0 amide bonds. The average Bonchev–Trinajstić information content (AvgIpc) is 3.85. The molecule has 0 saturated carbocycles. The molecule has 1 radical (unpaired) electrons. The minimum atomic E-state index is -0.383. The first-order valence-corrected chi connectivity index (χ1v) is 23.0. The predicted octanol–water partition coefficient (Wildman–Crippen LogP) is 15.8. The van der Waals surface area contributed by atoms with Crippen LogP contribution in [0.4, 0.5) is 46.0 Å². The molecular formula is C58H66IrN8O-2. The van der Waals surface area contributed by atoms with Crippen LogP contribution in [0.15, 0.2) is 140 Å². The summed E-state index contributed by atoms with van der Waals surface area (Å²) in [5.41, 5.74) is 12.8. The molecule has 2 aliphatic heterocycles. The van der Waals surface area contributed by atoms with E-state index >= 15 is 0 Å². The molecule has 0 N–H and O–H groups in total. The maximum absolute atomic E-state index is 6.37. The summed E-state index contributed by atoms with van der Waals surface area (Å²) in [5, 5.41) is 0. The molecule has 10 rings (SSSR count). The SMILES string of the molecule is C.C.CC(C)c1c[c-]c(N2[CH-]N(c3ccc(C(C)C)cc3)c3nc4ccccc4nc32)cc1.CCOC1N(c2ccc(C(C)C)cc2)c2nc3ccccc3nc2N1c1ccc(C(C)C)cc1.[Ir]. The van der Waals surface area contributed by atoms with Crippen LogP contribution in [0.1, 0.15) is 123 Å². The van der Waals surface area contributed by atoms with E-state index < -0.39 is 0 Å². The van der Waals surface area contributed by atoms with E-state index in [9.17, 15) is 0 Å². The number of hydrogen-bond donors (Lipinski definition) is 0. The number of ether oxygens (including phenoxy) is 1. The van der Waals surface area contributed by atoms with Crippen molar-refractivity contribution >= 4 is 68.1 Å². The number of aromatic nitrogens is 4. The largest absolute Gasteiger partial charge is 0.477 e. The van der Waals surface area contributed by atoms with Crippen LogP contribution in [0.3, 0.4) is 0 Å². The number of hydrogen-bond acceptors (Lipinski definition) is 9. The van der Waals surface area contributed by atoms with Gasteiger partial charge in [0.25, 0.3) is 0 Å². The summed E-state index contributed by atoms with van der Waals surface area (Å²) < 4.78 is 6.37. The standard InChI is InChI=1S/C29H32N4O.C27H26N4.2CH4.Ir/c1-6-34-29-32(23-15-11-21(12-16-23)19(2)3)27-28(31-26-10-8-7-9-25(26)30-27)33(29)24-17-13-22(14-18-24)20(4)5;1-18(2)20-9-13-22(14-10-20)30-17-31(23-15-11-21(12-16-23)19(3)4)27-26(30)28-24-7-5-6-8-25(24)29-27;;;/h7-20,29H,6H2,1-5H3;5-15,17-19H,1-4H3;2*1H4;/q;-2;;;. The van der Waals surface area contributed by atoms with Crippen LogP contribution in [0.5, 0.6) is 0 Å². The summed E-state index contributed by atoms with van der Waals surface area (Å²) in [6, 6.07) is 51.9. The third kappa shape index (κ3) is 10.1. The Morgan fingerprint density at radius 1 is 0.471 bits per heavy atom. The molecule has 9 nitrogen and oxygen atoms in total. The van der Waals surface area contributed by atoms with Gasteiger partial charge in [0.05, 0.1) is 22.1 Å². The van der Waals surface area contributed by atoms with E-state index in [1.54, 1.807) is 0 Å². The van der Waals surface area contributed by atoms with Crippen molar-refractivity contribution in [1.29, 1.82) is 0 Å². The first kappa shape index (κ1) is 51.2. The Balaban J connectivity index is 0.000000215. The summed E-state index contributed by atoms with van der Waals surface area (Å²) >= 11 is 0. The molecule has 0 unspecified atom stereocenters. The van der Waals surface area contributed by atoms with Crippen LogP contribution < -0.4 is 19.6 Å². The van der Waals surface area contributed by atoms with Crippen molar-refractivity contribution < 1.29 is 24.8 Å². The van der Waals surface area contributed by atoms with Gasteiger partial charge in [-0.3, -0.25) is 9.80 Å². The molecule has 0 atom stereocenters. The molecule has 6 aromatic carbocycles. The second kappa shape index (κ2) is 21.8. The fraction of sp³-hybridized carbons (Fsp3) is 0.293. The van der Waals surface area contributed by atoms with Gasteiger partial charge in [0.2, 0.25) is 6.35 Å². The van der Waals surface area contributed by atoms with E-state index in [0.717, 1.165) is 68.1 Å². The molecule has 355 valence electrons. The van der Waals surface area contributed by atoms with Crippen molar-refractivity contribution in [3.8, 4) is 0 Å². The smallest absolute Gasteiger partial charge is 0.221 e. The van der Waals surface area contributed by atoms with Crippen LogP contribution in [0.2, 0.25) is 0 Å². The zero-order chi connectivity index (χ0) is 45.4.